The van der Waals surface area contributed by atoms with Crippen molar-refractivity contribution in [3.8, 4) is 12.3 Å². The van der Waals surface area contributed by atoms with E-state index in [1.54, 1.807) is 24.3 Å². The van der Waals surface area contributed by atoms with Gasteiger partial charge in [0.25, 0.3) is 0 Å². The number of carboxylic acid groups (broad SMARTS) is 1. The summed E-state index contributed by atoms with van der Waals surface area (Å²) in [6, 6.07) is 4.29. The Hall–Kier alpha value is -3.01. The van der Waals surface area contributed by atoms with Crippen LogP contribution in [-0.2, 0) is 9.59 Å². The van der Waals surface area contributed by atoms with Crippen molar-refractivity contribution in [2.45, 2.75) is 12.5 Å². The summed E-state index contributed by atoms with van der Waals surface area (Å²) in [5, 5.41) is 13.4. The number of hydrogen-bond acceptors (Lipinski definition) is 3. The first-order chi connectivity index (χ1) is 9.42. The largest absolute Gasteiger partial charge is 0.480 e. The second-order valence-corrected chi connectivity index (χ2v) is 3.88. The molecule has 7 nitrogen and oxygen atoms in total. The highest BCUT2D eigenvalue weighted by atomic mass is 16.4. The minimum absolute atomic E-state index is 0.404. The van der Waals surface area contributed by atoms with Crippen molar-refractivity contribution in [2.24, 2.45) is 5.73 Å². The molecule has 0 aromatic heterocycles. The Morgan fingerprint density at radius 3 is 2.65 bits per heavy atom. The second kappa shape index (κ2) is 6.80. The van der Waals surface area contributed by atoms with Crippen molar-refractivity contribution >= 4 is 23.6 Å². The Labute approximate surface area is 115 Å². The van der Waals surface area contributed by atoms with E-state index in [9.17, 15) is 14.4 Å². The van der Waals surface area contributed by atoms with Gasteiger partial charge < -0.3 is 21.5 Å². The van der Waals surface area contributed by atoms with Crippen LogP contribution in [0.3, 0.4) is 0 Å². The van der Waals surface area contributed by atoms with E-state index in [1.165, 1.54) is 0 Å². The zero-order valence-corrected chi connectivity index (χ0v) is 10.4. The monoisotopic (exact) mass is 275 g/mol. The summed E-state index contributed by atoms with van der Waals surface area (Å²) < 4.78 is 0. The standard InChI is InChI=1S/C13H13N3O4/c1-2-8-4-3-5-9(6-8)15-13(20)16-10(12(18)19)7-11(14)17/h1,3-6,10H,7H2,(H2,14,17)(H,18,19)(H2,15,16,20)/t10-/m0/s1. The molecule has 0 aliphatic heterocycles. The number of urea groups is 1. The van der Waals surface area contributed by atoms with E-state index in [1.807, 2.05) is 0 Å². The van der Waals surface area contributed by atoms with Gasteiger partial charge in [0.2, 0.25) is 5.91 Å². The summed E-state index contributed by atoms with van der Waals surface area (Å²) in [5.41, 5.74) is 5.87. The van der Waals surface area contributed by atoms with Crippen LogP contribution in [0.2, 0.25) is 0 Å². The van der Waals surface area contributed by atoms with Gasteiger partial charge in [-0.15, -0.1) is 6.42 Å². The van der Waals surface area contributed by atoms with Gasteiger partial charge in [0.1, 0.15) is 6.04 Å². The summed E-state index contributed by atoms with van der Waals surface area (Å²) in [6.45, 7) is 0. The van der Waals surface area contributed by atoms with Crippen LogP contribution in [0.4, 0.5) is 10.5 Å². The third kappa shape index (κ3) is 4.70. The molecular weight excluding hydrogens is 262 g/mol. The zero-order valence-electron chi connectivity index (χ0n) is 10.4. The number of aliphatic carboxylic acids is 1. The normalized spacial score (nSPS) is 10.9. The molecule has 0 unspecified atom stereocenters. The van der Waals surface area contributed by atoms with Gasteiger partial charge in [0.05, 0.1) is 6.42 Å². The number of hydrogen-bond donors (Lipinski definition) is 4. The number of terminal acetylenes is 1. The molecule has 1 aromatic rings. The first-order valence-electron chi connectivity index (χ1n) is 5.57. The molecule has 7 heteroatoms. The molecule has 1 rings (SSSR count). The fourth-order valence-electron chi connectivity index (χ4n) is 1.41. The van der Waals surface area contributed by atoms with Gasteiger partial charge in [0.15, 0.2) is 0 Å². The number of benzene rings is 1. The Morgan fingerprint density at radius 1 is 1.40 bits per heavy atom. The first-order valence-corrected chi connectivity index (χ1v) is 5.57. The molecular formula is C13H13N3O4. The van der Waals surface area contributed by atoms with Crippen molar-refractivity contribution in [2.75, 3.05) is 5.32 Å². The summed E-state index contributed by atoms with van der Waals surface area (Å²) >= 11 is 0. The maximum absolute atomic E-state index is 11.6. The van der Waals surface area contributed by atoms with E-state index >= 15 is 0 Å². The molecule has 0 saturated heterocycles. The average molecular weight is 275 g/mol. The van der Waals surface area contributed by atoms with Gasteiger partial charge in [-0.3, -0.25) is 4.79 Å². The number of rotatable bonds is 5. The third-order valence-electron chi connectivity index (χ3n) is 2.30. The van der Waals surface area contributed by atoms with E-state index in [-0.39, 0.29) is 0 Å². The molecule has 104 valence electrons. The van der Waals surface area contributed by atoms with Crippen molar-refractivity contribution < 1.29 is 19.5 Å². The number of primary amides is 1. The summed E-state index contributed by atoms with van der Waals surface area (Å²) in [4.78, 5) is 33.2. The Balaban J connectivity index is 2.68. The molecule has 0 aliphatic rings. The van der Waals surface area contributed by atoms with E-state index in [0.717, 1.165) is 0 Å². The lowest BCUT2D eigenvalue weighted by Gasteiger charge is -2.13. The van der Waals surface area contributed by atoms with Crippen LogP contribution in [0.15, 0.2) is 24.3 Å². The van der Waals surface area contributed by atoms with Crippen molar-refractivity contribution in [1.29, 1.82) is 0 Å². The minimum Gasteiger partial charge on any atom is -0.480 e. The van der Waals surface area contributed by atoms with E-state index in [2.05, 4.69) is 16.6 Å². The molecule has 20 heavy (non-hydrogen) atoms. The quantitative estimate of drug-likeness (QED) is 0.570. The summed E-state index contributed by atoms with van der Waals surface area (Å²) in [6.07, 6.45) is 4.72. The summed E-state index contributed by atoms with van der Waals surface area (Å²) in [5.74, 6) is 0.221. The maximum Gasteiger partial charge on any atom is 0.326 e. The lowest BCUT2D eigenvalue weighted by Crippen LogP contribution is -2.45. The second-order valence-electron chi connectivity index (χ2n) is 3.88. The molecule has 3 amide bonds. The van der Waals surface area contributed by atoms with Gasteiger partial charge in [-0.25, -0.2) is 9.59 Å². The SMILES string of the molecule is C#Cc1cccc(NC(=O)N[C@@H](CC(N)=O)C(=O)O)c1. The minimum atomic E-state index is -1.39. The summed E-state index contributed by atoms with van der Waals surface area (Å²) in [7, 11) is 0. The van der Waals surface area contributed by atoms with E-state index in [0.29, 0.717) is 11.3 Å². The maximum atomic E-state index is 11.6. The third-order valence-corrected chi connectivity index (χ3v) is 2.30. The number of nitrogens with two attached hydrogens (primary N) is 1. The topological polar surface area (TPSA) is 122 Å². The Bertz CT molecular complexity index is 577. The molecule has 0 aliphatic carbocycles. The smallest absolute Gasteiger partial charge is 0.326 e. The van der Waals surface area contributed by atoms with Crippen LogP contribution >= 0.6 is 0 Å². The number of carboxylic acids is 1. The Morgan fingerprint density at radius 2 is 2.10 bits per heavy atom. The van der Waals surface area contributed by atoms with Crippen LogP contribution in [-0.4, -0.2) is 29.1 Å². The highest BCUT2D eigenvalue weighted by Crippen LogP contribution is 2.09. The van der Waals surface area contributed by atoms with Gasteiger partial charge in [-0.1, -0.05) is 12.0 Å². The van der Waals surface area contributed by atoms with Crippen molar-refractivity contribution in [1.82, 2.24) is 5.32 Å². The van der Waals surface area contributed by atoms with E-state index < -0.39 is 30.4 Å². The van der Waals surface area contributed by atoms with Gasteiger partial charge in [-0.05, 0) is 18.2 Å². The molecule has 1 aromatic carbocycles. The van der Waals surface area contributed by atoms with Gasteiger partial charge in [-0.2, -0.15) is 0 Å². The number of amides is 3. The average Bonchev–Trinajstić information content (AvgIpc) is 2.37. The predicted molar refractivity (Wildman–Crippen MR) is 71.8 cm³/mol. The van der Waals surface area contributed by atoms with Crippen LogP contribution in [0, 0.1) is 12.3 Å². The molecule has 0 bridgehead atoms. The van der Waals surface area contributed by atoms with Gasteiger partial charge in [0, 0.05) is 11.3 Å². The number of anilines is 1. The van der Waals surface area contributed by atoms with Gasteiger partial charge >= 0.3 is 12.0 Å². The number of carbonyl (C=O) groups is 3. The fraction of sp³-hybridized carbons (Fsp3) is 0.154. The molecule has 0 fully saturated rings. The van der Waals surface area contributed by atoms with Crippen LogP contribution in [0.1, 0.15) is 12.0 Å². The molecule has 0 heterocycles. The highest BCUT2D eigenvalue weighted by Gasteiger charge is 2.22. The van der Waals surface area contributed by atoms with Crippen molar-refractivity contribution in [3.63, 3.8) is 0 Å². The van der Waals surface area contributed by atoms with E-state index in [4.69, 9.17) is 17.3 Å². The molecule has 0 spiro atoms. The van der Waals surface area contributed by atoms with Crippen LogP contribution in [0.5, 0.6) is 0 Å². The molecule has 5 N–H and O–H groups in total. The molecule has 0 radical (unpaired) electrons. The van der Waals surface area contributed by atoms with Crippen molar-refractivity contribution in [3.05, 3.63) is 29.8 Å². The zero-order chi connectivity index (χ0) is 15.1. The first kappa shape index (κ1) is 15.0. The Kier molecular flexibility index (Phi) is 5.12. The lowest BCUT2D eigenvalue weighted by atomic mass is 10.2. The molecule has 1 atom stereocenters. The number of carbonyl (C=O) groups excluding carboxylic acids is 2. The van der Waals surface area contributed by atoms with Crippen LogP contribution < -0.4 is 16.4 Å². The highest BCUT2D eigenvalue weighted by molar-refractivity contribution is 5.93. The lowest BCUT2D eigenvalue weighted by molar-refractivity contribution is -0.140. The molecule has 0 saturated carbocycles. The van der Waals surface area contributed by atoms with Crippen LogP contribution in [0.25, 0.3) is 0 Å². The predicted octanol–water partition coefficient (Wildman–Crippen LogP) is 0.118. The number of nitrogens with one attached hydrogen (secondary N) is 2. The fourth-order valence-corrected chi connectivity index (χ4v) is 1.41.